The maximum absolute atomic E-state index is 11.2. The number of hydrogen-bond acceptors (Lipinski definition) is 4. The molecule has 0 unspecified atom stereocenters. The Kier molecular flexibility index (Phi) is 6.98. The quantitative estimate of drug-likeness (QED) is 0.723. The molecule has 0 aromatic rings. The predicted molar refractivity (Wildman–Crippen MR) is 58.5 cm³/mol. The van der Waals surface area contributed by atoms with E-state index < -0.39 is 12.0 Å². The van der Waals surface area contributed by atoms with Crippen molar-refractivity contribution in [3.63, 3.8) is 0 Å². The molecule has 0 aliphatic rings. The third kappa shape index (κ3) is 6.24. The first-order valence-electron chi connectivity index (χ1n) is 4.20. The van der Waals surface area contributed by atoms with Crippen LogP contribution in [0.2, 0.25) is 0 Å². The van der Waals surface area contributed by atoms with Crippen LogP contribution in [-0.4, -0.2) is 38.7 Å². The van der Waals surface area contributed by atoms with Crippen LogP contribution < -0.4 is 5.32 Å². The predicted octanol–water partition coefficient (Wildman–Crippen LogP) is 0.589. The molecule has 0 aliphatic heterocycles. The Labute approximate surface area is 96.9 Å². The van der Waals surface area contributed by atoms with E-state index in [2.05, 4.69) is 37.3 Å². The van der Waals surface area contributed by atoms with E-state index in [0.29, 0.717) is 4.48 Å². The van der Waals surface area contributed by atoms with Crippen LogP contribution in [0.3, 0.4) is 0 Å². The molecular formula is C9H14BrNO4. The first-order chi connectivity index (χ1) is 7.01. The normalized spacial score (nSPS) is 11.7. The molecule has 0 heterocycles. The van der Waals surface area contributed by atoms with Crippen LogP contribution in [0.1, 0.15) is 6.42 Å². The highest BCUT2D eigenvalue weighted by Gasteiger charge is 2.21. The van der Waals surface area contributed by atoms with Crippen LogP contribution in [-0.2, 0) is 19.1 Å². The van der Waals surface area contributed by atoms with Gasteiger partial charge < -0.3 is 14.8 Å². The van der Waals surface area contributed by atoms with Gasteiger partial charge in [0.15, 0.2) is 0 Å². The van der Waals surface area contributed by atoms with E-state index in [1.165, 1.54) is 14.2 Å². The van der Waals surface area contributed by atoms with Gasteiger partial charge in [0.05, 0.1) is 7.11 Å². The molecule has 0 radical (unpaired) electrons. The zero-order chi connectivity index (χ0) is 11.8. The van der Waals surface area contributed by atoms with Crippen molar-refractivity contribution in [1.82, 2.24) is 5.32 Å². The number of rotatable bonds is 6. The number of amides is 1. The fourth-order valence-corrected chi connectivity index (χ4v) is 1.25. The molecule has 0 fully saturated rings. The van der Waals surface area contributed by atoms with Gasteiger partial charge in [-0.3, -0.25) is 4.79 Å². The molecule has 0 aliphatic carbocycles. The van der Waals surface area contributed by atoms with Gasteiger partial charge in [0.25, 0.3) is 0 Å². The summed E-state index contributed by atoms with van der Waals surface area (Å²) in [4.78, 5) is 22.4. The Morgan fingerprint density at radius 1 is 1.47 bits per heavy atom. The average Bonchev–Trinajstić information content (AvgIpc) is 2.15. The summed E-state index contributed by atoms with van der Waals surface area (Å²) in [6.45, 7) is 3.50. The smallest absolute Gasteiger partial charge is 0.328 e. The molecule has 0 saturated heterocycles. The van der Waals surface area contributed by atoms with Gasteiger partial charge in [-0.15, -0.1) is 0 Å². The van der Waals surface area contributed by atoms with Crippen LogP contribution in [0.15, 0.2) is 11.1 Å². The van der Waals surface area contributed by atoms with E-state index in [4.69, 9.17) is 0 Å². The van der Waals surface area contributed by atoms with Crippen LogP contribution >= 0.6 is 15.9 Å². The molecule has 0 saturated carbocycles. The Balaban J connectivity index is 4.30. The molecule has 0 rings (SSSR count). The summed E-state index contributed by atoms with van der Waals surface area (Å²) in [5.74, 6) is -0.887. The second-order valence-corrected chi connectivity index (χ2v) is 3.92. The van der Waals surface area contributed by atoms with Crippen molar-refractivity contribution in [2.24, 2.45) is 0 Å². The molecule has 0 aromatic carbocycles. The monoisotopic (exact) mass is 279 g/mol. The number of esters is 1. The standard InChI is InChI=1S/C9H14BrNO4/c1-6(10)4-7(9(13)15-3)11-8(12)5-14-2/h7H,1,4-5H2,2-3H3,(H,11,12)/t7-/m1/s1. The van der Waals surface area contributed by atoms with Crippen molar-refractivity contribution < 1.29 is 19.1 Å². The van der Waals surface area contributed by atoms with E-state index in [1.54, 1.807) is 0 Å². The highest BCUT2D eigenvalue weighted by atomic mass is 79.9. The van der Waals surface area contributed by atoms with E-state index in [0.717, 1.165) is 0 Å². The van der Waals surface area contributed by atoms with Gasteiger partial charge in [-0.25, -0.2) is 4.79 Å². The molecule has 15 heavy (non-hydrogen) atoms. The lowest BCUT2D eigenvalue weighted by atomic mass is 10.2. The number of carbonyl (C=O) groups is 2. The second-order valence-electron chi connectivity index (χ2n) is 2.80. The van der Waals surface area contributed by atoms with Gasteiger partial charge in [0.1, 0.15) is 12.6 Å². The Morgan fingerprint density at radius 2 is 2.07 bits per heavy atom. The summed E-state index contributed by atoms with van der Waals surface area (Å²) >= 11 is 3.12. The third-order valence-corrected chi connectivity index (χ3v) is 1.85. The SMILES string of the molecule is C=C(Br)C[C@@H](NC(=O)COC)C(=O)OC. The van der Waals surface area contributed by atoms with Gasteiger partial charge in [0, 0.05) is 13.5 Å². The molecule has 1 amide bonds. The molecule has 86 valence electrons. The maximum Gasteiger partial charge on any atom is 0.328 e. The average molecular weight is 280 g/mol. The summed E-state index contributed by atoms with van der Waals surface area (Å²) in [5.41, 5.74) is 0. The molecule has 1 atom stereocenters. The van der Waals surface area contributed by atoms with Gasteiger partial charge in [0.2, 0.25) is 5.91 Å². The lowest BCUT2D eigenvalue weighted by Crippen LogP contribution is -2.43. The molecule has 6 heteroatoms. The van der Waals surface area contributed by atoms with Crippen LogP contribution in [0.25, 0.3) is 0 Å². The minimum absolute atomic E-state index is 0.0950. The third-order valence-electron chi connectivity index (χ3n) is 1.52. The first kappa shape index (κ1) is 14.1. The topological polar surface area (TPSA) is 64.6 Å². The van der Waals surface area contributed by atoms with Crippen LogP contribution in [0.5, 0.6) is 0 Å². The van der Waals surface area contributed by atoms with Crippen LogP contribution in [0.4, 0.5) is 0 Å². The number of halogens is 1. The largest absolute Gasteiger partial charge is 0.467 e. The Morgan fingerprint density at radius 3 is 2.47 bits per heavy atom. The summed E-state index contributed by atoms with van der Waals surface area (Å²) in [7, 11) is 2.66. The Hall–Kier alpha value is -0.880. The van der Waals surface area contributed by atoms with Crippen molar-refractivity contribution in [3.05, 3.63) is 11.1 Å². The van der Waals surface area contributed by atoms with Crippen molar-refractivity contribution in [1.29, 1.82) is 0 Å². The molecule has 0 aromatic heterocycles. The van der Waals surface area contributed by atoms with Gasteiger partial charge >= 0.3 is 5.97 Å². The Bertz CT molecular complexity index is 254. The molecule has 0 bridgehead atoms. The zero-order valence-electron chi connectivity index (χ0n) is 8.71. The fraction of sp³-hybridized carbons (Fsp3) is 0.556. The highest BCUT2D eigenvalue weighted by Crippen LogP contribution is 2.10. The second kappa shape index (κ2) is 7.42. The van der Waals surface area contributed by atoms with Gasteiger partial charge in [-0.05, 0) is 4.48 Å². The number of methoxy groups -OCH3 is 2. The van der Waals surface area contributed by atoms with Crippen molar-refractivity contribution in [2.45, 2.75) is 12.5 Å². The van der Waals surface area contributed by atoms with Crippen LogP contribution in [0, 0.1) is 0 Å². The first-order valence-corrected chi connectivity index (χ1v) is 5.00. The summed E-state index contributed by atoms with van der Waals surface area (Å²) in [6.07, 6.45) is 0.280. The van der Waals surface area contributed by atoms with E-state index >= 15 is 0 Å². The minimum Gasteiger partial charge on any atom is -0.467 e. The van der Waals surface area contributed by atoms with E-state index in [9.17, 15) is 9.59 Å². The summed E-state index contributed by atoms with van der Waals surface area (Å²) < 4.78 is 9.77. The van der Waals surface area contributed by atoms with Crippen molar-refractivity contribution >= 4 is 27.8 Å². The number of nitrogens with one attached hydrogen (secondary N) is 1. The van der Waals surface area contributed by atoms with Crippen molar-refractivity contribution in [2.75, 3.05) is 20.8 Å². The van der Waals surface area contributed by atoms with E-state index in [1.807, 2.05) is 0 Å². The van der Waals surface area contributed by atoms with Gasteiger partial charge in [-0.1, -0.05) is 22.5 Å². The minimum atomic E-state index is -0.732. The summed E-state index contributed by atoms with van der Waals surface area (Å²) in [6, 6.07) is -0.732. The zero-order valence-corrected chi connectivity index (χ0v) is 10.3. The summed E-state index contributed by atoms with van der Waals surface area (Å²) in [5, 5.41) is 2.47. The highest BCUT2D eigenvalue weighted by molar-refractivity contribution is 9.11. The molecule has 0 spiro atoms. The fourth-order valence-electron chi connectivity index (χ4n) is 0.924. The molecular weight excluding hydrogens is 266 g/mol. The molecule has 1 N–H and O–H groups in total. The van der Waals surface area contributed by atoms with Crippen molar-refractivity contribution in [3.8, 4) is 0 Å². The number of carbonyl (C=O) groups excluding carboxylic acids is 2. The lowest BCUT2D eigenvalue weighted by Gasteiger charge is -2.15. The lowest BCUT2D eigenvalue weighted by molar-refractivity contribution is -0.145. The number of hydrogen-bond donors (Lipinski definition) is 1. The van der Waals surface area contributed by atoms with Gasteiger partial charge in [-0.2, -0.15) is 0 Å². The van der Waals surface area contributed by atoms with E-state index in [-0.39, 0.29) is 18.9 Å². The molecule has 5 nitrogen and oxygen atoms in total. The number of ether oxygens (including phenoxy) is 2. The maximum atomic E-state index is 11.2.